The number of nitrogens with two attached hydrogens (primary N) is 1. The van der Waals surface area contributed by atoms with Gasteiger partial charge in [-0.25, -0.2) is 0 Å². The summed E-state index contributed by atoms with van der Waals surface area (Å²) < 4.78 is 0. The predicted octanol–water partition coefficient (Wildman–Crippen LogP) is 2.33. The highest BCUT2D eigenvalue weighted by Gasteiger charge is 2.17. The highest BCUT2D eigenvalue weighted by Crippen LogP contribution is 2.17. The maximum Gasteiger partial charge on any atom is 0.229 e. The first-order valence-electron chi connectivity index (χ1n) is 6.10. The van der Waals surface area contributed by atoms with E-state index in [1.54, 1.807) is 4.90 Å². The first-order valence-corrected chi connectivity index (χ1v) is 6.10. The van der Waals surface area contributed by atoms with Gasteiger partial charge in [0, 0.05) is 18.7 Å². The molecule has 0 radical (unpaired) electrons. The van der Waals surface area contributed by atoms with Crippen molar-refractivity contribution in [1.29, 1.82) is 0 Å². The van der Waals surface area contributed by atoms with Crippen molar-refractivity contribution in [3.63, 3.8) is 0 Å². The summed E-state index contributed by atoms with van der Waals surface area (Å²) in [6.07, 6.45) is 1.75. The molecule has 94 valence electrons. The van der Waals surface area contributed by atoms with Gasteiger partial charge < -0.3 is 10.6 Å². The number of anilines is 1. The molecular formula is C14H22N2O. The summed E-state index contributed by atoms with van der Waals surface area (Å²) in [7, 11) is 1.83. The van der Waals surface area contributed by atoms with Crippen LogP contribution in [0.5, 0.6) is 0 Å². The number of hydrogen-bond acceptors (Lipinski definition) is 2. The Morgan fingerprint density at radius 2 is 1.94 bits per heavy atom. The average Bonchev–Trinajstić information content (AvgIpc) is 2.35. The zero-order valence-electron chi connectivity index (χ0n) is 10.9. The van der Waals surface area contributed by atoms with Crippen molar-refractivity contribution >= 4 is 11.6 Å². The maximum absolute atomic E-state index is 12.1. The van der Waals surface area contributed by atoms with Crippen LogP contribution >= 0.6 is 0 Å². The third-order valence-electron chi connectivity index (χ3n) is 3.01. The van der Waals surface area contributed by atoms with Crippen LogP contribution < -0.4 is 10.6 Å². The van der Waals surface area contributed by atoms with E-state index in [-0.39, 0.29) is 11.8 Å². The fraction of sp³-hybridized carbons (Fsp3) is 0.500. The van der Waals surface area contributed by atoms with Crippen molar-refractivity contribution in [3.8, 4) is 0 Å². The average molecular weight is 234 g/mol. The largest absolute Gasteiger partial charge is 0.330 e. The number of carbonyl (C=O) groups excluding carboxylic acids is 1. The number of hydrogen-bond donors (Lipinski definition) is 1. The lowest BCUT2D eigenvalue weighted by Crippen LogP contribution is -2.31. The van der Waals surface area contributed by atoms with Crippen LogP contribution in [0.15, 0.2) is 24.3 Å². The van der Waals surface area contributed by atoms with Crippen molar-refractivity contribution in [1.82, 2.24) is 0 Å². The summed E-state index contributed by atoms with van der Waals surface area (Å²) >= 11 is 0. The Labute approximate surface area is 104 Å². The smallest absolute Gasteiger partial charge is 0.229 e. The molecule has 0 fully saturated rings. The summed E-state index contributed by atoms with van der Waals surface area (Å²) in [6.45, 7) is 4.64. The van der Waals surface area contributed by atoms with Gasteiger partial charge >= 0.3 is 0 Å². The van der Waals surface area contributed by atoms with E-state index in [9.17, 15) is 4.79 Å². The van der Waals surface area contributed by atoms with Crippen molar-refractivity contribution in [2.45, 2.75) is 26.7 Å². The first kappa shape index (κ1) is 13.7. The molecule has 3 heteroatoms. The number of nitrogens with zero attached hydrogens (tertiary/aromatic N) is 1. The van der Waals surface area contributed by atoms with Gasteiger partial charge in [-0.05, 0) is 38.4 Å². The Kier molecular flexibility index (Phi) is 5.16. The standard InChI is InChI=1S/C14H22N2O/c1-11-6-8-13(9-7-11)16(3)14(17)12(2)5-4-10-15/h6-9,12H,4-5,10,15H2,1-3H3. The molecule has 0 bridgehead atoms. The molecule has 1 aromatic carbocycles. The number of benzene rings is 1. The van der Waals surface area contributed by atoms with Gasteiger partial charge in [-0.15, -0.1) is 0 Å². The lowest BCUT2D eigenvalue weighted by molar-refractivity contribution is -0.121. The van der Waals surface area contributed by atoms with Crippen LogP contribution in [0.4, 0.5) is 5.69 Å². The highest BCUT2D eigenvalue weighted by molar-refractivity contribution is 5.94. The Hall–Kier alpha value is -1.35. The van der Waals surface area contributed by atoms with Gasteiger partial charge in [0.25, 0.3) is 0 Å². The number of rotatable bonds is 5. The molecule has 0 saturated carbocycles. The zero-order valence-corrected chi connectivity index (χ0v) is 10.9. The highest BCUT2D eigenvalue weighted by atomic mass is 16.2. The molecule has 1 amide bonds. The van der Waals surface area contributed by atoms with Gasteiger partial charge in [0.2, 0.25) is 5.91 Å². The van der Waals surface area contributed by atoms with Crippen LogP contribution in [0.2, 0.25) is 0 Å². The molecule has 1 aromatic rings. The molecule has 0 aliphatic rings. The first-order chi connectivity index (χ1) is 8.06. The fourth-order valence-electron chi connectivity index (χ4n) is 1.77. The Morgan fingerprint density at radius 1 is 1.35 bits per heavy atom. The SMILES string of the molecule is Cc1ccc(N(C)C(=O)C(C)CCCN)cc1. The van der Waals surface area contributed by atoms with Crippen LogP contribution in [0.1, 0.15) is 25.3 Å². The van der Waals surface area contributed by atoms with Gasteiger partial charge in [0.05, 0.1) is 0 Å². The van der Waals surface area contributed by atoms with E-state index in [0.717, 1.165) is 18.5 Å². The van der Waals surface area contributed by atoms with E-state index in [2.05, 4.69) is 0 Å². The third-order valence-corrected chi connectivity index (χ3v) is 3.01. The number of carbonyl (C=O) groups is 1. The molecule has 0 aliphatic heterocycles. The summed E-state index contributed by atoms with van der Waals surface area (Å²) in [6, 6.07) is 7.99. The molecule has 3 nitrogen and oxygen atoms in total. The van der Waals surface area contributed by atoms with E-state index < -0.39 is 0 Å². The third kappa shape index (κ3) is 3.86. The van der Waals surface area contributed by atoms with Crippen LogP contribution in [-0.4, -0.2) is 19.5 Å². The molecule has 17 heavy (non-hydrogen) atoms. The monoisotopic (exact) mass is 234 g/mol. The minimum Gasteiger partial charge on any atom is -0.330 e. The minimum atomic E-state index is 0.0323. The second-order valence-corrected chi connectivity index (χ2v) is 4.56. The molecule has 1 unspecified atom stereocenters. The van der Waals surface area contributed by atoms with Gasteiger partial charge in [0.15, 0.2) is 0 Å². The van der Waals surface area contributed by atoms with Crippen LogP contribution in [0.25, 0.3) is 0 Å². The lowest BCUT2D eigenvalue weighted by Gasteiger charge is -2.21. The van der Waals surface area contributed by atoms with Gasteiger partial charge in [0.1, 0.15) is 0 Å². The molecule has 2 N–H and O–H groups in total. The Morgan fingerprint density at radius 3 is 2.47 bits per heavy atom. The summed E-state index contributed by atoms with van der Waals surface area (Å²) in [4.78, 5) is 13.8. The topological polar surface area (TPSA) is 46.3 Å². The van der Waals surface area contributed by atoms with Crippen LogP contribution in [0.3, 0.4) is 0 Å². The summed E-state index contributed by atoms with van der Waals surface area (Å²) in [5.41, 5.74) is 7.60. The van der Waals surface area contributed by atoms with Crippen molar-refractivity contribution in [2.75, 3.05) is 18.5 Å². The molecule has 0 aliphatic carbocycles. The molecule has 0 spiro atoms. The van der Waals surface area contributed by atoms with E-state index in [1.807, 2.05) is 45.2 Å². The summed E-state index contributed by atoms with van der Waals surface area (Å²) in [5.74, 6) is 0.187. The van der Waals surface area contributed by atoms with Gasteiger partial charge in [-0.2, -0.15) is 0 Å². The van der Waals surface area contributed by atoms with E-state index in [4.69, 9.17) is 5.73 Å². The molecule has 1 atom stereocenters. The predicted molar refractivity (Wildman–Crippen MR) is 72.0 cm³/mol. The van der Waals surface area contributed by atoms with E-state index in [0.29, 0.717) is 6.54 Å². The molecule has 0 aromatic heterocycles. The van der Waals surface area contributed by atoms with Crippen LogP contribution in [0, 0.1) is 12.8 Å². The van der Waals surface area contributed by atoms with Gasteiger partial charge in [-0.3, -0.25) is 4.79 Å². The molecule has 0 saturated heterocycles. The second-order valence-electron chi connectivity index (χ2n) is 4.56. The van der Waals surface area contributed by atoms with E-state index in [1.165, 1.54) is 5.56 Å². The maximum atomic E-state index is 12.1. The van der Waals surface area contributed by atoms with Crippen molar-refractivity contribution in [3.05, 3.63) is 29.8 Å². The zero-order chi connectivity index (χ0) is 12.8. The van der Waals surface area contributed by atoms with Gasteiger partial charge in [-0.1, -0.05) is 24.6 Å². The molecular weight excluding hydrogens is 212 g/mol. The Bertz CT molecular complexity index is 359. The normalized spacial score (nSPS) is 12.2. The lowest BCUT2D eigenvalue weighted by atomic mass is 10.0. The minimum absolute atomic E-state index is 0.0323. The molecule has 1 rings (SSSR count). The van der Waals surface area contributed by atoms with Crippen LogP contribution in [-0.2, 0) is 4.79 Å². The fourth-order valence-corrected chi connectivity index (χ4v) is 1.77. The Balaban J connectivity index is 2.65. The number of aryl methyl sites for hydroxylation is 1. The van der Waals surface area contributed by atoms with E-state index >= 15 is 0 Å². The quantitative estimate of drug-likeness (QED) is 0.850. The second kappa shape index (κ2) is 6.40. The van der Waals surface area contributed by atoms with Crippen molar-refractivity contribution in [2.24, 2.45) is 11.7 Å². The van der Waals surface area contributed by atoms with Crippen molar-refractivity contribution < 1.29 is 4.79 Å². The summed E-state index contributed by atoms with van der Waals surface area (Å²) in [5, 5.41) is 0. The number of amides is 1. The molecule has 0 heterocycles.